The Balaban J connectivity index is 1.57. The number of rotatable bonds is 4. The lowest BCUT2D eigenvalue weighted by Crippen LogP contribution is -2.51. The molecular formula is C19H24N2O3S. The maximum atomic E-state index is 12.5. The SMILES string of the molecule is O=C(C1CC=CCC1)N1CCN(S(=O)(=O)/C=C/c2ccccc2)CC1. The van der Waals surface area contributed by atoms with Crippen molar-refractivity contribution in [3.63, 3.8) is 0 Å². The molecule has 1 aliphatic carbocycles. The van der Waals surface area contributed by atoms with E-state index in [0.717, 1.165) is 24.8 Å². The van der Waals surface area contributed by atoms with Gasteiger partial charge < -0.3 is 4.90 Å². The Morgan fingerprint density at radius 3 is 2.40 bits per heavy atom. The highest BCUT2D eigenvalue weighted by atomic mass is 32.2. The Hall–Kier alpha value is -1.92. The normalized spacial score (nSPS) is 22.4. The van der Waals surface area contributed by atoms with E-state index < -0.39 is 10.0 Å². The van der Waals surface area contributed by atoms with E-state index in [-0.39, 0.29) is 11.8 Å². The number of allylic oxidation sites excluding steroid dienone is 2. The monoisotopic (exact) mass is 360 g/mol. The van der Waals surface area contributed by atoms with Gasteiger partial charge in [-0.2, -0.15) is 4.31 Å². The van der Waals surface area contributed by atoms with Crippen molar-refractivity contribution in [2.75, 3.05) is 26.2 Å². The van der Waals surface area contributed by atoms with E-state index in [9.17, 15) is 13.2 Å². The van der Waals surface area contributed by atoms with E-state index in [4.69, 9.17) is 0 Å². The predicted octanol–water partition coefficient (Wildman–Crippen LogP) is 2.49. The van der Waals surface area contributed by atoms with Crippen LogP contribution < -0.4 is 0 Å². The summed E-state index contributed by atoms with van der Waals surface area (Å²) in [7, 11) is -3.45. The number of benzene rings is 1. The molecule has 0 spiro atoms. The van der Waals surface area contributed by atoms with E-state index in [1.807, 2.05) is 35.2 Å². The van der Waals surface area contributed by atoms with Gasteiger partial charge in [0.15, 0.2) is 0 Å². The van der Waals surface area contributed by atoms with Crippen molar-refractivity contribution in [1.29, 1.82) is 0 Å². The molecule has 1 aromatic rings. The molecule has 6 heteroatoms. The standard InChI is InChI=1S/C19H24N2O3S/c22-19(18-9-5-2-6-10-18)20-12-14-21(15-13-20)25(23,24)16-11-17-7-3-1-4-8-17/h1-5,7-8,11,16,18H,6,9-10,12-15H2/b16-11+. The first-order chi connectivity index (χ1) is 12.1. The van der Waals surface area contributed by atoms with Crippen LogP contribution in [0.25, 0.3) is 6.08 Å². The first-order valence-corrected chi connectivity index (χ1v) is 10.2. The lowest BCUT2D eigenvalue weighted by atomic mass is 9.93. The average molecular weight is 360 g/mol. The van der Waals surface area contributed by atoms with Crippen LogP contribution in [0.3, 0.4) is 0 Å². The van der Waals surface area contributed by atoms with Gasteiger partial charge in [0.1, 0.15) is 0 Å². The minimum absolute atomic E-state index is 0.0612. The van der Waals surface area contributed by atoms with Crippen LogP contribution in [0.15, 0.2) is 47.9 Å². The van der Waals surface area contributed by atoms with Crippen LogP contribution in [-0.4, -0.2) is 49.7 Å². The summed E-state index contributed by atoms with van der Waals surface area (Å²) < 4.78 is 26.4. The number of sulfonamides is 1. The third-order valence-corrected chi connectivity index (χ3v) is 6.33. The Morgan fingerprint density at radius 1 is 1.04 bits per heavy atom. The van der Waals surface area contributed by atoms with Crippen LogP contribution in [-0.2, 0) is 14.8 Å². The fraction of sp³-hybridized carbons (Fsp3) is 0.421. The molecule has 134 valence electrons. The number of hydrogen-bond donors (Lipinski definition) is 0. The van der Waals surface area contributed by atoms with Crippen molar-refractivity contribution in [2.24, 2.45) is 5.92 Å². The highest BCUT2D eigenvalue weighted by molar-refractivity contribution is 7.92. The van der Waals surface area contributed by atoms with E-state index in [1.54, 1.807) is 6.08 Å². The molecule has 1 aliphatic heterocycles. The molecule has 2 aliphatic rings. The molecule has 3 rings (SSSR count). The van der Waals surface area contributed by atoms with Gasteiger partial charge in [0.2, 0.25) is 15.9 Å². The van der Waals surface area contributed by atoms with Crippen molar-refractivity contribution in [2.45, 2.75) is 19.3 Å². The molecule has 0 saturated carbocycles. The summed E-state index contributed by atoms with van der Waals surface area (Å²) in [6.45, 7) is 1.65. The second-order valence-electron chi connectivity index (χ2n) is 6.46. The van der Waals surface area contributed by atoms with Gasteiger partial charge in [-0.05, 0) is 30.9 Å². The fourth-order valence-corrected chi connectivity index (χ4v) is 4.43. The Labute approximate surface area is 149 Å². The van der Waals surface area contributed by atoms with Crippen LogP contribution in [0.2, 0.25) is 0 Å². The van der Waals surface area contributed by atoms with E-state index >= 15 is 0 Å². The lowest BCUT2D eigenvalue weighted by molar-refractivity contribution is -0.137. The largest absolute Gasteiger partial charge is 0.340 e. The van der Waals surface area contributed by atoms with Crippen molar-refractivity contribution in [3.8, 4) is 0 Å². The van der Waals surface area contributed by atoms with Gasteiger partial charge in [0.05, 0.1) is 0 Å². The van der Waals surface area contributed by atoms with E-state index in [1.165, 1.54) is 9.71 Å². The third-order valence-electron chi connectivity index (χ3n) is 4.76. The van der Waals surface area contributed by atoms with Gasteiger partial charge in [-0.15, -0.1) is 0 Å². The Bertz CT molecular complexity index is 748. The zero-order chi connectivity index (χ0) is 17.7. The predicted molar refractivity (Wildman–Crippen MR) is 99.0 cm³/mol. The maximum absolute atomic E-state index is 12.5. The second-order valence-corrected chi connectivity index (χ2v) is 8.28. The third kappa shape index (κ3) is 4.58. The minimum atomic E-state index is -3.45. The molecule has 0 radical (unpaired) electrons. The molecule has 0 bridgehead atoms. The molecule has 0 N–H and O–H groups in total. The summed E-state index contributed by atoms with van der Waals surface area (Å²) in [5.41, 5.74) is 0.852. The summed E-state index contributed by atoms with van der Waals surface area (Å²) in [6.07, 6.45) is 8.45. The van der Waals surface area contributed by atoms with Crippen molar-refractivity contribution >= 4 is 22.0 Å². The summed E-state index contributed by atoms with van der Waals surface area (Å²) >= 11 is 0. The first-order valence-electron chi connectivity index (χ1n) is 8.73. The zero-order valence-corrected chi connectivity index (χ0v) is 15.1. The number of nitrogens with zero attached hydrogens (tertiary/aromatic N) is 2. The Kier molecular flexibility index (Phi) is 5.71. The minimum Gasteiger partial charge on any atom is -0.340 e. The lowest BCUT2D eigenvalue weighted by Gasteiger charge is -2.35. The van der Waals surface area contributed by atoms with Crippen LogP contribution >= 0.6 is 0 Å². The average Bonchev–Trinajstić information content (AvgIpc) is 2.67. The molecule has 1 amide bonds. The molecular weight excluding hydrogens is 336 g/mol. The number of carbonyl (C=O) groups excluding carboxylic acids is 1. The molecule has 1 fully saturated rings. The van der Waals surface area contributed by atoms with Crippen molar-refractivity contribution in [3.05, 3.63) is 53.5 Å². The number of amides is 1. The van der Waals surface area contributed by atoms with Crippen LogP contribution in [0, 0.1) is 5.92 Å². The smallest absolute Gasteiger partial charge is 0.236 e. The van der Waals surface area contributed by atoms with Gasteiger partial charge in [-0.25, -0.2) is 8.42 Å². The van der Waals surface area contributed by atoms with Crippen LogP contribution in [0.4, 0.5) is 0 Å². The summed E-state index contributed by atoms with van der Waals surface area (Å²) in [6, 6.07) is 9.36. The Morgan fingerprint density at radius 2 is 1.76 bits per heavy atom. The van der Waals surface area contributed by atoms with Gasteiger partial charge >= 0.3 is 0 Å². The number of carbonyl (C=O) groups is 1. The second kappa shape index (κ2) is 7.97. The molecule has 1 atom stereocenters. The molecule has 1 aromatic carbocycles. The van der Waals surface area contributed by atoms with Crippen LogP contribution in [0.5, 0.6) is 0 Å². The van der Waals surface area contributed by atoms with Crippen molar-refractivity contribution < 1.29 is 13.2 Å². The number of piperazine rings is 1. The molecule has 1 saturated heterocycles. The maximum Gasteiger partial charge on any atom is 0.236 e. The molecule has 1 unspecified atom stereocenters. The van der Waals surface area contributed by atoms with Gasteiger partial charge in [-0.1, -0.05) is 42.5 Å². The molecule has 1 heterocycles. The van der Waals surface area contributed by atoms with E-state index in [0.29, 0.717) is 26.2 Å². The highest BCUT2D eigenvalue weighted by Crippen LogP contribution is 2.22. The van der Waals surface area contributed by atoms with Gasteiger partial charge in [-0.3, -0.25) is 4.79 Å². The summed E-state index contributed by atoms with van der Waals surface area (Å²) in [5, 5.41) is 1.26. The molecule has 5 nitrogen and oxygen atoms in total. The zero-order valence-electron chi connectivity index (χ0n) is 14.3. The summed E-state index contributed by atoms with van der Waals surface area (Å²) in [4.78, 5) is 14.3. The quantitative estimate of drug-likeness (QED) is 0.775. The van der Waals surface area contributed by atoms with Gasteiger partial charge in [0, 0.05) is 37.5 Å². The first kappa shape index (κ1) is 17.9. The molecule has 0 aromatic heterocycles. The topological polar surface area (TPSA) is 57.7 Å². The molecule has 25 heavy (non-hydrogen) atoms. The summed E-state index contributed by atoms with van der Waals surface area (Å²) in [5.74, 6) is 0.229. The van der Waals surface area contributed by atoms with Crippen LogP contribution in [0.1, 0.15) is 24.8 Å². The van der Waals surface area contributed by atoms with E-state index in [2.05, 4.69) is 12.2 Å². The highest BCUT2D eigenvalue weighted by Gasteiger charge is 2.30. The van der Waals surface area contributed by atoms with Gasteiger partial charge in [0.25, 0.3) is 0 Å². The van der Waals surface area contributed by atoms with Crippen molar-refractivity contribution in [1.82, 2.24) is 9.21 Å². The fourth-order valence-electron chi connectivity index (χ4n) is 3.25. The number of hydrogen-bond acceptors (Lipinski definition) is 3.